The Bertz CT molecular complexity index is 557. The lowest BCUT2D eigenvalue weighted by Gasteiger charge is -2.26. The van der Waals surface area contributed by atoms with Crippen LogP contribution in [0.2, 0.25) is 0 Å². The average Bonchev–Trinajstić information content (AvgIpc) is 3.07. The summed E-state index contributed by atoms with van der Waals surface area (Å²) in [5.74, 6) is -0.622. The number of methoxy groups -OCH3 is 1. The quantitative estimate of drug-likeness (QED) is 0.437. The van der Waals surface area contributed by atoms with E-state index in [2.05, 4.69) is 15.6 Å². The van der Waals surface area contributed by atoms with Crippen LogP contribution >= 0.6 is 11.3 Å². The second-order valence-electron chi connectivity index (χ2n) is 6.12. The van der Waals surface area contributed by atoms with E-state index in [1.807, 2.05) is 0 Å². The highest BCUT2D eigenvalue weighted by atomic mass is 32.1. The first kappa shape index (κ1) is 18.7. The Labute approximate surface area is 145 Å². The van der Waals surface area contributed by atoms with Crippen LogP contribution in [0.5, 0.6) is 0 Å². The van der Waals surface area contributed by atoms with Crippen molar-refractivity contribution in [2.45, 2.75) is 50.7 Å². The maximum atomic E-state index is 12.1. The van der Waals surface area contributed by atoms with E-state index in [0.717, 1.165) is 12.8 Å². The smallest absolute Gasteiger partial charge is 0.350 e. The number of anilines is 1. The summed E-state index contributed by atoms with van der Waals surface area (Å²) in [5.41, 5.74) is 11.5. The van der Waals surface area contributed by atoms with E-state index >= 15 is 0 Å². The number of amides is 1. The first-order valence-electron chi connectivity index (χ1n) is 8.18. The fourth-order valence-electron chi connectivity index (χ4n) is 2.99. The van der Waals surface area contributed by atoms with Crippen molar-refractivity contribution in [2.75, 3.05) is 12.5 Å². The van der Waals surface area contributed by atoms with Crippen LogP contribution in [0.3, 0.4) is 0 Å². The number of ether oxygens (including phenoxy) is 1. The van der Waals surface area contributed by atoms with Gasteiger partial charge < -0.3 is 15.6 Å². The molecule has 1 amide bonds. The number of esters is 1. The molecule has 0 aliphatic heterocycles. The van der Waals surface area contributed by atoms with E-state index in [0.29, 0.717) is 22.9 Å². The number of carbonyl (C=O) groups excluding carboxylic acids is 2. The van der Waals surface area contributed by atoms with Crippen molar-refractivity contribution in [2.24, 2.45) is 11.7 Å². The molecule has 0 radical (unpaired) electrons. The summed E-state index contributed by atoms with van der Waals surface area (Å²) in [6.07, 6.45) is 5.20. The normalized spacial score (nSPS) is 17.8. The van der Waals surface area contributed by atoms with Crippen LogP contribution in [0.25, 0.3) is 0 Å². The first-order chi connectivity index (χ1) is 11.5. The Kier molecular flexibility index (Phi) is 7.01. The van der Waals surface area contributed by atoms with Crippen molar-refractivity contribution in [3.8, 4) is 0 Å². The minimum atomic E-state index is -1.29. The molecular weight excluding hydrogens is 330 g/mol. The molecule has 7 nitrogen and oxygen atoms in total. The molecule has 1 saturated carbocycles. The summed E-state index contributed by atoms with van der Waals surface area (Å²) < 4.78 is 4.66. The van der Waals surface area contributed by atoms with Crippen LogP contribution in [0.4, 0.5) is 5.69 Å². The van der Waals surface area contributed by atoms with Crippen LogP contribution in [-0.4, -0.2) is 36.2 Å². The van der Waals surface area contributed by atoms with Crippen molar-refractivity contribution in [3.05, 3.63) is 16.3 Å². The standard InChI is InChI=1S/C16H25N3O4S/c1-23-16(22)14-12(7-8-24-14)18-19-15(21)13(20)11(17)9-10-5-3-2-4-6-10/h7-8,10-11,13,18,20H,2-6,9,17H2,1H3,(H,19,21)/t11-,13?/m1/s1. The molecule has 24 heavy (non-hydrogen) atoms. The number of aliphatic hydroxyl groups excluding tert-OH is 1. The van der Waals surface area contributed by atoms with Gasteiger partial charge in [-0.2, -0.15) is 0 Å². The Hall–Kier alpha value is -1.64. The lowest BCUT2D eigenvalue weighted by atomic mass is 9.84. The summed E-state index contributed by atoms with van der Waals surface area (Å²) >= 11 is 1.20. The predicted octanol–water partition coefficient (Wildman–Crippen LogP) is 1.64. The molecule has 1 unspecified atom stereocenters. The second kappa shape index (κ2) is 9.00. The van der Waals surface area contributed by atoms with Gasteiger partial charge in [0.05, 0.1) is 12.8 Å². The molecule has 8 heteroatoms. The van der Waals surface area contributed by atoms with Gasteiger partial charge in [0.25, 0.3) is 5.91 Å². The van der Waals surface area contributed by atoms with Gasteiger partial charge in [-0.25, -0.2) is 4.79 Å². The molecule has 0 saturated heterocycles. The highest BCUT2D eigenvalue weighted by Gasteiger charge is 2.26. The third-order valence-electron chi connectivity index (χ3n) is 4.36. The number of nitrogens with one attached hydrogen (secondary N) is 2. The van der Waals surface area contributed by atoms with E-state index in [1.54, 1.807) is 11.4 Å². The Morgan fingerprint density at radius 1 is 1.42 bits per heavy atom. The van der Waals surface area contributed by atoms with Crippen LogP contribution in [0, 0.1) is 5.92 Å². The van der Waals surface area contributed by atoms with Crippen molar-refractivity contribution >= 4 is 28.9 Å². The zero-order valence-electron chi connectivity index (χ0n) is 13.8. The first-order valence-corrected chi connectivity index (χ1v) is 9.06. The Morgan fingerprint density at radius 2 is 2.12 bits per heavy atom. The molecule has 1 heterocycles. The van der Waals surface area contributed by atoms with Gasteiger partial charge in [-0.3, -0.25) is 15.6 Å². The van der Waals surface area contributed by atoms with Crippen molar-refractivity contribution in [1.82, 2.24) is 5.43 Å². The topological polar surface area (TPSA) is 114 Å². The molecule has 2 rings (SSSR count). The summed E-state index contributed by atoms with van der Waals surface area (Å²) in [5, 5.41) is 11.8. The Balaban J connectivity index is 1.83. The predicted molar refractivity (Wildman–Crippen MR) is 92.6 cm³/mol. The van der Waals surface area contributed by atoms with Gasteiger partial charge in [0.15, 0.2) is 0 Å². The molecule has 0 bridgehead atoms. The van der Waals surface area contributed by atoms with E-state index < -0.39 is 24.0 Å². The lowest BCUT2D eigenvalue weighted by molar-refractivity contribution is -0.130. The highest BCUT2D eigenvalue weighted by molar-refractivity contribution is 7.12. The molecule has 1 aromatic heterocycles. The molecule has 0 aromatic carbocycles. The molecule has 1 aromatic rings. The lowest BCUT2D eigenvalue weighted by Crippen LogP contribution is -2.48. The third-order valence-corrected chi connectivity index (χ3v) is 5.26. The number of nitrogens with two attached hydrogens (primary N) is 1. The number of hydrazine groups is 1. The number of carbonyl (C=O) groups is 2. The Morgan fingerprint density at radius 3 is 2.79 bits per heavy atom. The van der Waals surface area contributed by atoms with Crippen LogP contribution in [0.15, 0.2) is 11.4 Å². The van der Waals surface area contributed by atoms with Crippen LogP contribution < -0.4 is 16.6 Å². The van der Waals surface area contributed by atoms with Crippen LogP contribution in [0.1, 0.15) is 48.2 Å². The molecule has 1 aliphatic carbocycles. The maximum absolute atomic E-state index is 12.1. The second-order valence-corrected chi connectivity index (χ2v) is 7.03. The number of thiophene rings is 1. The maximum Gasteiger partial charge on any atom is 0.350 e. The molecular formula is C16H25N3O4S. The van der Waals surface area contributed by atoms with Gasteiger partial charge in [0.1, 0.15) is 11.0 Å². The van der Waals surface area contributed by atoms with Gasteiger partial charge in [-0.15, -0.1) is 11.3 Å². The van der Waals surface area contributed by atoms with E-state index in [-0.39, 0.29) is 0 Å². The van der Waals surface area contributed by atoms with Crippen molar-refractivity contribution in [3.63, 3.8) is 0 Å². The van der Waals surface area contributed by atoms with E-state index in [4.69, 9.17) is 5.73 Å². The zero-order chi connectivity index (χ0) is 17.5. The largest absolute Gasteiger partial charge is 0.465 e. The summed E-state index contributed by atoms with van der Waals surface area (Å²) in [4.78, 5) is 24.0. The molecule has 2 atom stereocenters. The van der Waals surface area contributed by atoms with Gasteiger partial charge in [0, 0.05) is 6.04 Å². The SMILES string of the molecule is COC(=O)c1sccc1NNC(=O)C(O)[C@H](N)CC1CCCCC1. The van der Waals surface area contributed by atoms with Gasteiger partial charge in [-0.1, -0.05) is 32.1 Å². The minimum Gasteiger partial charge on any atom is -0.465 e. The minimum absolute atomic E-state index is 0.346. The molecule has 5 N–H and O–H groups in total. The van der Waals surface area contributed by atoms with Crippen molar-refractivity contribution < 1.29 is 19.4 Å². The molecule has 0 spiro atoms. The average molecular weight is 355 g/mol. The van der Waals surface area contributed by atoms with Gasteiger partial charge in [-0.05, 0) is 23.8 Å². The van der Waals surface area contributed by atoms with Crippen molar-refractivity contribution in [1.29, 1.82) is 0 Å². The fraction of sp³-hybridized carbons (Fsp3) is 0.625. The molecule has 1 fully saturated rings. The van der Waals surface area contributed by atoms with E-state index in [9.17, 15) is 14.7 Å². The summed E-state index contributed by atoms with van der Waals surface area (Å²) in [7, 11) is 1.29. The number of hydrogen-bond donors (Lipinski definition) is 4. The van der Waals surface area contributed by atoms with Gasteiger partial charge >= 0.3 is 5.97 Å². The third kappa shape index (κ3) is 4.93. The number of rotatable bonds is 7. The molecule has 134 valence electrons. The highest BCUT2D eigenvalue weighted by Crippen LogP contribution is 2.27. The monoisotopic (exact) mass is 355 g/mol. The molecule has 1 aliphatic rings. The summed E-state index contributed by atoms with van der Waals surface area (Å²) in [6, 6.07) is 1.04. The van der Waals surface area contributed by atoms with Crippen LogP contribution in [-0.2, 0) is 9.53 Å². The zero-order valence-corrected chi connectivity index (χ0v) is 14.6. The fourth-order valence-corrected chi connectivity index (χ4v) is 3.76. The number of hydrogen-bond acceptors (Lipinski definition) is 7. The van der Waals surface area contributed by atoms with Gasteiger partial charge in [0.2, 0.25) is 0 Å². The summed E-state index contributed by atoms with van der Waals surface area (Å²) in [6.45, 7) is 0. The number of aliphatic hydroxyl groups is 1. The van der Waals surface area contributed by atoms with E-state index in [1.165, 1.54) is 37.7 Å².